The van der Waals surface area contributed by atoms with Gasteiger partial charge in [-0.1, -0.05) is 28.9 Å². The lowest BCUT2D eigenvalue weighted by Gasteiger charge is -2.13. The Hall–Kier alpha value is -0.850. The normalized spacial score (nSPS) is 10.9. The van der Waals surface area contributed by atoms with Gasteiger partial charge in [-0.3, -0.25) is 4.68 Å². The number of hydrogen-bond acceptors (Lipinski definition) is 3. The molecular weight excluding hydrogens is 398 g/mol. The van der Waals surface area contributed by atoms with Crippen molar-refractivity contribution in [1.29, 1.82) is 0 Å². The number of halogens is 2. The van der Waals surface area contributed by atoms with E-state index in [0.29, 0.717) is 13.2 Å². The van der Waals surface area contributed by atoms with Crippen molar-refractivity contribution < 1.29 is 4.74 Å². The third kappa shape index (κ3) is 3.67. The molecule has 1 aromatic carbocycles. The third-order valence-electron chi connectivity index (χ3n) is 3.36. The van der Waals surface area contributed by atoms with Crippen LogP contribution in [0.25, 0.3) is 0 Å². The summed E-state index contributed by atoms with van der Waals surface area (Å²) in [7, 11) is 3.67. The number of anilines is 1. The molecule has 114 valence electrons. The zero-order valence-electron chi connectivity index (χ0n) is 12.4. The molecular formula is C15H19Br2N3O. The van der Waals surface area contributed by atoms with Gasteiger partial charge in [0.1, 0.15) is 0 Å². The molecule has 1 heterocycles. The second-order valence-corrected chi connectivity index (χ2v) is 6.38. The molecule has 0 bridgehead atoms. The van der Waals surface area contributed by atoms with E-state index in [-0.39, 0.29) is 0 Å². The average Bonchev–Trinajstić information content (AvgIpc) is 2.74. The van der Waals surface area contributed by atoms with E-state index in [1.807, 2.05) is 23.9 Å². The molecule has 0 aliphatic rings. The highest BCUT2D eigenvalue weighted by Gasteiger charge is 2.13. The number of ether oxygens (including phenoxy) is 1. The number of nitrogens with one attached hydrogen (secondary N) is 1. The van der Waals surface area contributed by atoms with Crippen molar-refractivity contribution in [2.24, 2.45) is 7.05 Å². The fourth-order valence-corrected chi connectivity index (χ4v) is 3.44. The lowest BCUT2D eigenvalue weighted by atomic mass is 10.2. The minimum absolute atomic E-state index is 0.566. The molecule has 1 aromatic heterocycles. The molecule has 1 N–H and O–H groups in total. The molecule has 2 aromatic rings. The van der Waals surface area contributed by atoms with Crippen molar-refractivity contribution >= 4 is 37.5 Å². The van der Waals surface area contributed by atoms with E-state index in [1.165, 1.54) is 0 Å². The summed E-state index contributed by atoms with van der Waals surface area (Å²) in [5, 5.41) is 7.99. The van der Waals surface area contributed by atoms with Crippen LogP contribution >= 0.6 is 31.9 Å². The minimum Gasteiger partial charge on any atom is -0.380 e. The van der Waals surface area contributed by atoms with Gasteiger partial charge in [0.2, 0.25) is 0 Å². The van der Waals surface area contributed by atoms with Crippen molar-refractivity contribution in [2.45, 2.75) is 26.5 Å². The van der Waals surface area contributed by atoms with Crippen LogP contribution in [0.4, 0.5) is 5.69 Å². The van der Waals surface area contributed by atoms with Crippen LogP contribution in [0.3, 0.4) is 0 Å². The van der Waals surface area contributed by atoms with E-state index in [2.05, 4.69) is 55.3 Å². The molecule has 0 radical (unpaired) electrons. The smallest absolute Gasteiger partial charge is 0.0767 e. The third-order valence-corrected chi connectivity index (χ3v) is 5.02. The van der Waals surface area contributed by atoms with Gasteiger partial charge < -0.3 is 10.1 Å². The van der Waals surface area contributed by atoms with E-state index in [9.17, 15) is 0 Å². The number of methoxy groups -OCH3 is 1. The molecule has 0 spiro atoms. The van der Waals surface area contributed by atoms with Gasteiger partial charge in [-0.2, -0.15) is 5.10 Å². The van der Waals surface area contributed by atoms with Crippen LogP contribution < -0.4 is 5.32 Å². The Labute approximate surface area is 142 Å². The van der Waals surface area contributed by atoms with Crippen LogP contribution in [0.2, 0.25) is 0 Å². The average molecular weight is 417 g/mol. The molecule has 2 rings (SSSR count). The van der Waals surface area contributed by atoms with Crippen molar-refractivity contribution in [3.05, 3.63) is 44.1 Å². The van der Waals surface area contributed by atoms with E-state index in [4.69, 9.17) is 4.74 Å². The van der Waals surface area contributed by atoms with E-state index < -0.39 is 0 Å². The monoisotopic (exact) mass is 415 g/mol. The zero-order valence-corrected chi connectivity index (χ0v) is 15.6. The predicted molar refractivity (Wildman–Crippen MR) is 92.5 cm³/mol. The van der Waals surface area contributed by atoms with Crippen molar-refractivity contribution in [1.82, 2.24) is 9.78 Å². The summed E-state index contributed by atoms with van der Waals surface area (Å²) >= 11 is 7.21. The molecule has 0 amide bonds. The van der Waals surface area contributed by atoms with Crippen molar-refractivity contribution in [3.8, 4) is 0 Å². The van der Waals surface area contributed by atoms with E-state index in [0.717, 1.165) is 38.0 Å². The van der Waals surface area contributed by atoms with E-state index >= 15 is 0 Å². The fraction of sp³-hybridized carbons (Fsp3) is 0.400. The molecule has 0 saturated carbocycles. The Balaban J connectivity index is 2.21. The van der Waals surface area contributed by atoms with Crippen molar-refractivity contribution in [2.75, 3.05) is 12.4 Å². The summed E-state index contributed by atoms with van der Waals surface area (Å²) in [6.07, 6.45) is 0.917. The first kappa shape index (κ1) is 16.5. The highest BCUT2D eigenvalue weighted by molar-refractivity contribution is 9.10. The maximum atomic E-state index is 5.27. The lowest BCUT2D eigenvalue weighted by Crippen LogP contribution is -2.08. The van der Waals surface area contributed by atoms with Crippen LogP contribution in [0.15, 0.2) is 27.1 Å². The highest BCUT2D eigenvalue weighted by Crippen LogP contribution is 2.27. The molecule has 0 atom stereocenters. The standard InChI is InChI=1S/C15H19Br2N3O/c1-4-12-15(17)14(20(2)19-12)8-18-13-7-5-6-11(16)10(13)9-21-3/h5-7,18H,4,8-9H2,1-3H3. The van der Waals surface area contributed by atoms with Crippen LogP contribution in [-0.4, -0.2) is 16.9 Å². The summed E-state index contributed by atoms with van der Waals surface area (Å²) in [4.78, 5) is 0. The minimum atomic E-state index is 0.566. The summed E-state index contributed by atoms with van der Waals surface area (Å²) in [5.74, 6) is 0. The summed E-state index contributed by atoms with van der Waals surface area (Å²) in [6, 6.07) is 6.10. The Kier molecular flexibility index (Phi) is 5.84. The maximum absolute atomic E-state index is 5.27. The van der Waals surface area contributed by atoms with Crippen LogP contribution in [0.1, 0.15) is 23.9 Å². The lowest BCUT2D eigenvalue weighted by molar-refractivity contribution is 0.185. The molecule has 6 heteroatoms. The van der Waals surface area contributed by atoms with Gasteiger partial charge in [0.05, 0.1) is 29.0 Å². The van der Waals surface area contributed by atoms with Gasteiger partial charge in [-0.25, -0.2) is 0 Å². The fourth-order valence-electron chi connectivity index (χ4n) is 2.21. The number of nitrogens with zero attached hydrogens (tertiary/aromatic N) is 2. The van der Waals surface area contributed by atoms with E-state index in [1.54, 1.807) is 7.11 Å². The van der Waals surface area contributed by atoms with Gasteiger partial charge in [0.25, 0.3) is 0 Å². The predicted octanol–water partition coefficient (Wildman–Crippen LogP) is 4.27. The highest BCUT2D eigenvalue weighted by atomic mass is 79.9. The number of benzene rings is 1. The first-order valence-electron chi connectivity index (χ1n) is 6.78. The van der Waals surface area contributed by atoms with Gasteiger partial charge in [0.15, 0.2) is 0 Å². The first-order valence-corrected chi connectivity index (χ1v) is 8.37. The van der Waals surface area contributed by atoms with Crippen LogP contribution in [-0.2, 0) is 31.4 Å². The number of hydrogen-bond donors (Lipinski definition) is 1. The second-order valence-electron chi connectivity index (χ2n) is 4.74. The molecule has 0 saturated heterocycles. The second kappa shape index (κ2) is 7.42. The molecule has 0 unspecified atom stereocenters. The Morgan fingerprint density at radius 3 is 2.71 bits per heavy atom. The van der Waals surface area contributed by atoms with Gasteiger partial charge in [-0.15, -0.1) is 0 Å². The van der Waals surface area contributed by atoms with Gasteiger partial charge in [-0.05, 0) is 34.5 Å². The topological polar surface area (TPSA) is 39.1 Å². The van der Waals surface area contributed by atoms with Crippen molar-refractivity contribution in [3.63, 3.8) is 0 Å². The Bertz CT molecular complexity index is 626. The molecule has 4 nitrogen and oxygen atoms in total. The van der Waals surface area contributed by atoms with Crippen LogP contribution in [0, 0.1) is 0 Å². The quantitative estimate of drug-likeness (QED) is 0.764. The number of rotatable bonds is 6. The number of aryl methyl sites for hydroxylation is 2. The Morgan fingerprint density at radius 2 is 2.10 bits per heavy atom. The molecule has 0 fully saturated rings. The summed E-state index contributed by atoms with van der Waals surface area (Å²) in [5.41, 5.74) is 4.40. The summed E-state index contributed by atoms with van der Waals surface area (Å²) in [6.45, 7) is 3.38. The summed E-state index contributed by atoms with van der Waals surface area (Å²) < 4.78 is 9.33. The molecule has 21 heavy (non-hydrogen) atoms. The largest absolute Gasteiger partial charge is 0.380 e. The SMILES string of the molecule is CCc1nn(C)c(CNc2cccc(Br)c2COC)c1Br. The Morgan fingerprint density at radius 1 is 1.33 bits per heavy atom. The van der Waals surface area contributed by atoms with Gasteiger partial charge >= 0.3 is 0 Å². The zero-order chi connectivity index (χ0) is 15.4. The first-order chi connectivity index (χ1) is 10.1. The molecule has 0 aliphatic carbocycles. The number of aromatic nitrogens is 2. The van der Waals surface area contributed by atoms with Gasteiger partial charge in [0, 0.05) is 29.9 Å². The van der Waals surface area contributed by atoms with Crippen LogP contribution in [0.5, 0.6) is 0 Å². The molecule has 0 aliphatic heterocycles. The maximum Gasteiger partial charge on any atom is 0.0767 e.